The molecule has 0 saturated carbocycles. The molecule has 0 radical (unpaired) electrons. The van der Waals surface area contributed by atoms with Gasteiger partial charge in [-0.1, -0.05) is 133 Å². The van der Waals surface area contributed by atoms with Crippen LogP contribution in [0.15, 0.2) is 146 Å². The van der Waals surface area contributed by atoms with Crippen LogP contribution >= 0.6 is 0 Å². The second-order valence-corrected chi connectivity index (χ2v) is 10.5. The van der Waals surface area contributed by atoms with Gasteiger partial charge < -0.3 is 0 Å². The molecule has 0 heteroatoms. The fourth-order valence-electron chi connectivity index (χ4n) is 6.49. The molecule has 0 aliphatic heterocycles. The average Bonchev–Trinajstić information content (AvgIpc) is 3.38. The van der Waals surface area contributed by atoms with Crippen LogP contribution in [-0.2, 0) is 6.42 Å². The van der Waals surface area contributed by atoms with Gasteiger partial charge in [0.2, 0.25) is 0 Å². The van der Waals surface area contributed by atoms with Gasteiger partial charge in [0, 0.05) is 0 Å². The molecule has 1 aliphatic rings. The van der Waals surface area contributed by atoms with E-state index < -0.39 is 0 Å². The Hall–Kier alpha value is -4.94. The first-order chi connectivity index (χ1) is 19.3. The van der Waals surface area contributed by atoms with E-state index in [1.807, 2.05) is 0 Å². The minimum absolute atomic E-state index is 0.995. The van der Waals surface area contributed by atoms with Crippen LogP contribution in [0.1, 0.15) is 11.1 Å². The molecule has 39 heavy (non-hydrogen) atoms. The lowest BCUT2D eigenvalue weighted by Gasteiger charge is -2.18. The van der Waals surface area contributed by atoms with Crippen molar-refractivity contribution in [3.8, 4) is 44.5 Å². The van der Waals surface area contributed by atoms with Gasteiger partial charge in [0.05, 0.1) is 0 Å². The Morgan fingerprint density at radius 1 is 0.308 bits per heavy atom. The van der Waals surface area contributed by atoms with E-state index in [4.69, 9.17) is 0 Å². The second-order valence-electron chi connectivity index (χ2n) is 10.5. The monoisotopic (exact) mass is 494 g/mol. The van der Waals surface area contributed by atoms with E-state index in [0.29, 0.717) is 0 Å². The first-order valence-electron chi connectivity index (χ1n) is 13.7. The van der Waals surface area contributed by atoms with Gasteiger partial charge >= 0.3 is 0 Å². The lowest BCUT2D eigenvalue weighted by atomic mass is 9.85. The Balaban J connectivity index is 1.38. The third kappa shape index (κ3) is 3.53. The van der Waals surface area contributed by atoms with E-state index in [1.165, 1.54) is 77.2 Å². The van der Waals surface area contributed by atoms with Crippen LogP contribution in [0, 0.1) is 0 Å². The Bertz CT molecular complexity index is 1960. The molecular weight excluding hydrogens is 468 g/mol. The Labute approximate surface area is 228 Å². The summed E-state index contributed by atoms with van der Waals surface area (Å²) in [5.41, 5.74) is 13.2. The summed E-state index contributed by atoms with van der Waals surface area (Å²) >= 11 is 0. The lowest BCUT2D eigenvalue weighted by molar-refractivity contribution is 1.26. The maximum atomic E-state index is 2.44. The van der Waals surface area contributed by atoms with Gasteiger partial charge in [-0.05, 0) is 95.7 Å². The summed E-state index contributed by atoms with van der Waals surface area (Å²) in [6.07, 6.45) is 0.995. The maximum absolute atomic E-state index is 2.44. The summed E-state index contributed by atoms with van der Waals surface area (Å²) in [6, 6.07) is 53.4. The molecule has 0 N–H and O–H groups in total. The molecule has 7 aromatic carbocycles. The summed E-state index contributed by atoms with van der Waals surface area (Å²) in [5, 5.41) is 5.19. The molecule has 0 spiro atoms. The zero-order chi connectivity index (χ0) is 25.8. The average molecular weight is 495 g/mol. The van der Waals surface area contributed by atoms with Gasteiger partial charge in [0.15, 0.2) is 0 Å². The number of hydrogen-bond acceptors (Lipinski definition) is 0. The minimum Gasteiger partial charge on any atom is -0.0622 e. The maximum Gasteiger partial charge on any atom is -0.00134 e. The molecule has 8 rings (SSSR count). The van der Waals surface area contributed by atoms with E-state index in [0.717, 1.165) is 6.42 Å². The standard InChI is InChI=1S/C39H26/c1-3-11-26(12-4-1)28-19-20-29-23-30-21-22-31(25-37(30)36(29)24-28)39-34-17-9-7-15-32(34)38(27-13-5-2-6-14-27)33-16-8-10-18-35(33)39/h1-22,24-25H,23H2. The molecule has 1 aliphatic carbocycles. The largest absolute Gasteiger partial charge is 0.0622 e. The zero-order valence-corrected chi connectivity index (χ0v) is 21.6. The molecular formula is C39H26. The van der Waals surface area contributed by atoms with Crippen molar-refractivity contribution in [3.63, 3.8) is 0 Å². The second kappa shape index (κ2) is 8.82. The number of fused-ring (bicyclic) bond motifs is 5. The summed E-state index contributed by atoms with van der Waals surface area (Å²) in [5.74, 6) is 0. The highest BCUT2D eigenvalue weighted by molar-refractivity contribution is 6.21. The molecule has 0 amide bonds. The summed E-state index contributed by atoms with van der Waals surface area (Å²) < 4.78 is 0. The van der Waals surface area contributed by atoms with Crippen molar-refractivity contribution >= 4 is 21.5 Å². The van der Waals surface area contributed by atoms with Crippen LogP contribution in [0.5, 0.6) is 0 Å². The Morgan fingerprint density at radius 2 is 0.718 bits per heavy atom. The Kier molecular flexibility index (Phi) is 5.00. The van der Waals surface area contributed by atoms with Crippen molar-refractivity contribution in [2.75, 3.05) is 0 Å². The third-order valence-corrected chi connectivity index (χ3v) is 8.28. The van der Waals surface area contributed by atoms with Gasteiger partial charge in [0.1, 0.15) is 0 Å². The van der Waals surface area contributed by atoms with Crippen molar-refractivity contribution in [2.45, 2.75) is 6.42 Å². The smallest absolute Gasteiger partial charge is 0.00134 e. The predicted octanol–water partition coefficient (Wildman–Crippen LogP) is 10.6. The lowest BCUT2D eigenvalue weighted by Crippen LogP contribution is -1.91. The summed E-state index contributed by atoms with van der Waals surface area (Å²) in [4.78, 5) is 0. The van der Waals surface area contributed by atoms with Gasteiger partial charge in [-0.2, -0.15) is 0 Å². The van der Waals surface area contributed by atoms with Crippen molar-refractivity contribution in [1.82, 2.24) is 0 Å². The van der Waals surface area contributed by atoms with Crippen LogP contribution in [0.25, 0.3) is 66.1 Å². The van der Waals surface area contributed by atoms with Crippen LogP contribution in [0.2, 0.25) is 0 Å². The van der Waals surface area contributed by atoms with E-state index in [2.05, 4.69) is 146 Å². The third-order valence-electron chi connectivity index (χ3n) is 8.28. The molecule has 0 nitrogen and oxygen atoms in total. The molecule has 0 unspecified atom stereocenters. The Morgan fingerprint density at radius 3 is 1.26 bits per heavy atom. The normalized spacial score (nSPS) is 12.0. The van der Waals surface area contributed by atoms with Crippen LogP contribution in [-0.4, -0.2) is 0 Å². The number of benzene rings is 7. The molecule has 0 aromatic heterocycles. The molecule has 0 saturated heterocycles. The topological polar surface area (TPSA) is 0 Å². The minimum atomic E-state index is 0.995. The van der Waals surface area contributed by atoms with E-state index >= 15 is 0 Å². The molecule has 0 fully saturated rings. The first-order valence-corrected chi connectivity index (χ1v) is 13.7. The van der Waals surface area contributed by atoms with Crippen molar-refractivity contribution in [3.05, 3.63) is 157 Å². The van der Waals surface area contributed by atoms with E-state index in [-0.39, 0.29) is 0 Å². The summed E-state index contributed by atoms with van der Waals surface area (Å²) in [6.45, 7) is 0. The van der Waals surface area contributed by atoms with Crippen molar-refractivity contribution in [2.24, 2.45) is 0 Å². The molecule has 182 valence electrons. The van der Waals surface area contributed by atoms with Crippen molar-refractivity contribution in [1.29, 1.82) is 0 Å². The predicted molar refractivity (Wildman–Crippen MR) is 166 cm³/mol. The van der Waals surface area contributed by atoms with Crippen LogP contribution in [0.4, 0.5) is 0 Å². The van der Waals surface area contributed by atoms with E-state index in [1.54, 1.807) is 0 Å². The zero-order valence-electron chi connectivity index (χ0n) is 21.6. The fraction of sp³-hybridized carbons (Fsp3) is 0.0256. The van der Waals surface area contributed by atoms with Gasteiger partial charge in [-0.25, -0.2) is 0 Å². The molecule has 0 atom stereocenters. The summed E-state index contributed by atoms with van der Waals surface area (Å²) in [7, 11) is 0. The highest BCUT2D eigenvalue weighted by atomic mass is 14.3. The van der Waals surface area contributed by atoms with Gasteiger partial charge in [-0.15, -0.1) is 0 Å². The van der Waals surface area contributed by atoms with Crippen LogP contribution < -0.4 is 0 Å². The SMILES string of the molecule is c1ccc(-c2ccc3c(c2)-c2cc(-c4c5ccccc5c(-c5ccccc5)c5ccccc45)ccc2C3)cc1. The van der Waals surface area contributed by atoms with Crippen LogP contribution in [0.3, 0.4) is 0 Å². The molecule has 7 aromatic rings. The highest BCUT2D eigenvalue weighted by Gasteiger charge is 2.22. The molecule has 0 bridgehead atoms. The van der Waals surface area contributed by atoms with E-state index in [9.17, 15) is 0 Å². The van der Waals surface area contributed by atoms with Gasteiger partial charge in [-0.3, -0.25) is 0 Å². The van der Waals surface area contributed by atoms with Crippen molar-refractivity contribution < 1.29 is 0 Å². The first kappa shape index (κ1) is 22.1. The van der Waals surface area contributed by atoms with Gasteiger partial charge in [0.25, 0.3) is 0 Å². The quantitative estimate of drug-likeness (QED) is 0.214. The molecule has 0 heterocycles. The fourth-order valence-corrected chi connectivity index (χ4v) is 6.49. The highest BCUT2D eigenvalue weighted by Crippen LogP contribution is 2.46. The number of hydrogen-bond donors (Lipinski definition) is 0. The number of rotatable bonds is 3.